The molecule has 1 N–H and O–H groups in total. The first-order chi connectivity index (χ1) is 3.06. The third-order valence-electron chi connectivity index (χ3n) is 0.335. The molecule has 0 spiro atoms. The Morgan fingerprint density at radius 2 is 1.88 bits per heavy atom. The molecule has 46 valence electrons. The standard InChI is InChI=1S/C2H5BrO3S.Na.H/c3-1-2-7(4,5)6;;/h1-2H2,(H,4,5,6);;. The normalized spacial score (nSPS) is 10.2. The summed E-state index contributed by atoms with van der Waals surface area (Å²) >= 11 is 2.85. The molecular formula is C2H6BrNaO3S. The van der Waals surface area contributed by atoms with E-state index in [0.717, 1.165) is 0 Å². The number of halogens is 1. The molecule has 0 aromatic rings. The zero-order chi connectivity index (χ0) is 5.91. The molecule has 0 aliphatic carbocycles. The van der Waals surface area contributed by atoms with E-state index < -0.39 is 10.1 Å². The van der Waals surface area contributed by atoms with Gasteiger partial charge in [-0.3, -0.25) is 4.55 Å². The van der Waals surface area contributed by atoms with Crippen molar-refractivity contribution in [2.24, 2.45) is 0 Å². The van der Waals surface area contributed by atoms with E-state index in [-0.39, 0.29) is 40.6 Å². The average Bonchev–Trinajstić information content (AvgIpc) is 1.30. The van der Waals surface area contributed by atoms with Crippen molar-refractivity contribution >= 4 is 55.6 Å². The number of rotatable bonds is 2. The van der Waals surface area contributed by atoms with Crippen LogP contribution in [0.25, 0.3) is 0 Å². The van der Waals surface area contributed by atoms with Crippen molar-refractivity contribution in [3.8, 4) is 0 Å². The van der Waals surface area contributed by atoms with Crippen LogP contribution in [0.4, 0.5) is 0 Å². The number of hydrogen-bond acceptors (Lipinski definition) is 2. The van der Waals surface area contributed by atoms with Crippen LogP contribution >= 0.6 is 15.9 Å². The van der Waals surface area contributed by atoms with Crippen LogP contribution < -0.4 is 0 Å². The predicted octanol–water partition coefficient (Wildman–Crippen LogP) is -0.379. The van der Waals surface area contributed by atoms with Crippen molar-refractivity contribution in [1.82, 2.24) is 0 Å². The van der Waals surface area contributed by atoms with Gasteiger partial charge in [0, 0.05) is 5.33 Å². The van der Waals surface area contributed by atoms with Gasteiger partial charge in [0.15, 0.2) is 0 Å². The molecule has 0 bridgehead atoms. The van der Waals surface area contributed by atoms with E-state index in [4.69, 9.17) is 4.55 Å². The van der Waals surface area contributed by atoms with Gasteiger partial charge in [-0.05, 0) is 0 Å². The van der Waals surface area contributed by atoms with Crippen LogP contribution in [0.2, 0.25) is 0 Å². The molecule has 0 radical (unpaired) electrons. The molecule has 8 heavy (non-hydrogen) atoms. The zero-order valence-electron chi connectivity index (χ0n) is 3.46. The van der Waals surface area contributed by atoms with Gasteiger partial charge in [-0.15, -0.1) is 0 Å². The Morgan fingerprint density at radius 1 is 1.50 bits per heavy atom. The van der Waals surface area contributed by atoms with Crippen LogP contribution in [0.3, 0.4) is 0 Å². The third-order valence-corrected chi connectivity index (χ3v) is 1.98. The molecule has 0 heterocycles. The Bertz CT molecular complexity index is 130. The van der Waals surface area contributed by atoms with Crippen LogP contribution in [-0.4, -0.2) is 53.6 Å². The Morgan fingerprint density at radius 3 is 1.88 bits per heavy atom. The van der Waals surface area contributed by atoms with E-state index in [1.807, 2.05) is 0 Å². The first-order valence-corrected chi connectivity index (χ1v) is 4.30. The van der Waals surface area contributed by atoms with Crippen molar-refractivity contribution in [1.29, 1.82) is 0 Å². The molecule has 0 aliphatic heterocycles. The summed E-state index contributed by atoms with van der Waals surface area (Å²) in [6, 6.07) is 0. The minimum atomic E-state index is -3.72. The summed E-state index contributed by atoms with van der Waals surface area (Å²) in [5.74, 6) is -0.215. The molecular weight excluding hydrogens is 207 g/mol. The Kier molecular flexibility index (Phi) is 7.86. The topological polar surface area (TPSA) is 54.4 Å². The average molecular weight is 213 g/mol. The van der Waals surface area contributed by atoms with Crippen molar-refractivity contribution < 1.29 is 13.0 Å². The Hall–Kier alpha value is 1.39. The van der Waals surface area contributed by atoms with Crippen molar-refractivity contribution in [3.63, 3.8) is 0 Å². The van der Waals surface area contributed by atoms with Crippen LogP contribution in [0.5, 0.6) is 0 Å². The third kappa shape index (κ3) is 10.4. The molecule has 6 heteroatoms. The van der Waals surface area contributed by atoms with Crippen LogP contribution in [0.1, 0.15) is 0 Å². The second-order valence-corrected chi connectivity index (χ2v) is 3.34. The van der Waals surface area contributed by atoms with Gasteiger partial charge in [-0.25, -0.2) is 0 Å². The molecule has 0 saturated heterocycles. The van der Waals surface area contributed by atoms with Gasteiger partial charge in [0.2, 0.25) is 0 Å². The summed E-state index contributed by atoms with van der Waals surface area (Å²) in [5.41, 5.74) is 0. The molecule has 0 aromatic heterocycles. The van der Waals surface area contributed by atoms with E-state index in [9.17, 15) is 8.42 Å². The van der Waals surface area contributed by atoms with Crippen LogP contribution in [-0.2, 0) is 10.1 Å². The monoisotopic (exact) mass is 212 g/mol. The molecule has 3 nitrogen and oxygen atoms in total. The van der Waals surface area contributed by atoms with Gasteiger partial charge in [-0.1, -0.05) is 15.9 Å². The van der Waals surface area contributed by atoms with Crippen molar-refractivity contribution in [3.05, 3.63) is 0 Å². The van der Waals surface area contributed by atoms with Gasteiger partial charge in [0.25, 0.3) is 10.1 Å². The number of alkyl halides is 1. The maximum atomic E-state index is 9.76. The molecule has 0 amide bonds. The van der Waals surface area contributed by atoms with Crippen LogP contribution in [0.15, 0.2) is 0 Å². The SMILES string of the molecule is O=S(=O)(O)CCBr.[NaH]. The molecule has 0 atom stereocenters. The minimum absolute atomic E-state index is 0. The Labute approximate surface area is 79.0 Å². The van der Waals surface area contributed by atoms with E-state index in [0.29, 0.717) is 0 Å². The molecule has 0 aromatic carbocycles. The fourth-order valence-corrected chi connectivity index (χ4v) is 1.52. The van der Waals surface area contributed by atoms with Crippen molar-refractivity contribution in [2.75, 3.05) is 11.1 Å². The summed E-state index contributed by atoms with van der Waals surface area (Å²) < 4.78 is 27.5. The maximum absolute atomic E-state index is 9.76. The summed E-state index contributed by atoms with van der Waals surface area (Å²) in [6.45, 7) is 0. The first-order valence-electron chi connectivity index (χ1n) is 1.57. The molecule has 0 aliphatic rings. The fraction of sp³-hybridized carbons (Fsp3) is 1.00. The van der Waals surface area contributed by atoms with Gasteiger partial charge >= 0.3 is 29.6 Å². The van der Waals surface area contributed by atoms with Gasteiger partial charge in [0.05, 0.1) is 5.75 Å². The summed E-state index contributed by atoms with van der Waals surface area (Å²) in [4.78, 5) is 0. The number of hydrogen-bond donors (Lipinski definition) is 1. The van der Waals surface area contributed by atoms with Gasteiger partial charge < -0.3 is 0 Å². The summed E-state index contributed by atoms with van der Waals surface area (Å²) in [6.07, 6.45) is 0. The molecule has 0 saturated carbocycles. The molecule has 0 fully saturated rings. The summed E-state index contributed by atoms with van der Waals surface area (Å²) in [7, 11) is -3.72. The Balaban J connectivity index is 0. The van der Waals surface area contributed by atoms with E-state index in [1.54, 1.807) is 0 Å². The summed E-state index contributed by atoms with van der Waals surface area (Å²) in [5, 5.41) is 0.284. The van der Waals surface area contributed by atoms with E-state index in [1.165, 1.54) is 0 Å². The fourth-order valence-electron chi connectivity index (χ4n) is 0.0975. The second kappa shape index (κ2) is 5.20. The first kappa shape index (κ1) is 12.1. The van der Waals surface area contributed by atoms with Crippen LogP contribution in [0, 0.1) is 0 Å². The zero-order valence-corrected chi connectivity index (χ0v) is 5.87. The predicted molar refractivity (Wildman–Crippen MR) is 37.4 cm³/mol. The molecule has 0 unspecified atom stereocenters. The van der Waals surface area contributed by atoms with Gasteiger partial charge in [0.1, 0.15) is 0 Å². The van der Waals surface area contributed by atoms with E-state index in [2.05, 4.69) is 15.9 Å². The molecule has 0 rings (SSSR count). The van der Waals surface area contributed by atoms with E-state index >= 15 is 0 Å². The quantitative estimate of drug-likeness (QED) is 0.386. The van der Waals surface area contributed by atoms with Gasteiger partial charge in [-0.2, -0.15) is 8.42 Å². The second-order valence-electron chi connectivity index (χ2n) is 0.975. The van der Waals surface area contributed by atoms with Crippen molar-refractivity contribution in [2.45, 2.75) is 0 Å².